The Labute approximate surface area is 133 Å². The van der Waals surface area contributed by atoms with Crippen LogP contribution in [0.4, 0.5) is 0 Å². The molecule has 1 heterocycles. The maximum Gasteiger partial charge on any atom is 0.265 e. The molecule has 1 saturated carbocycles. The number of hydrogen-bond acceptors (Lipinski definition) is 5. The normalized spacial score (nSPS) is 16.5. The molecule has 0 atom stereocenters. The van der Waals surface area contributed by atoms with E-state index in [4.69, 9.17) is 4.74 Å². The molecule has 0 radical (unpaired) electrons. The molecule has 22 heavy (non-hydrogen) atoms. The summed E-state index contributed by atoms with van der Waals surface area (Å²) in [6.45, 7) is 1.81. The van der Waals surface area contributed by atoms with Crippen molar-refractivity contribution in [3.8, 4) is 5.75 Å². The first-order valence-electron chi connectivity index (χ1n) is 7.41. The summed E-state index contributed by atoms with van der Waals surface area (Å²) in [5.41, 5.74) is 1.47. The van der Waals surface area contributed by atoms with Gasteiger partial charge in [-0.1, -0.05) is 29.5 Å². The van der Waals surface area contributed by atoms with Crippen molar-refractivity contribution in [2.75, 3.05) is 7.11 Å². The van der Waals surface area contributed by atoms with Crippen molar-refractivity contribution in [2.24, 2.45) is 0 Å². The van der Waals surface area contributed by atoms with Crippen LogP contribution < -0.4 is 10.1 Å². The molecular weight excluding hydrogens is 298 g/mol. The van der Waals surface area contributed by atoms with Gasteiger partial charge in [0.1, 0.15) is 10.6 Å². The Bertz CT molecular complexity index is 678. The molecule has 1 aromatic carbocycles. The number of rotatable bonds is 4. The van der Waals surface area contributed by atoms with Crippen LogP contribution >= 0.6 is 11.5 Å². The van der Waals surface area contributed by atoms with Crippen LogP contribution in [-0.4, -0.2) is 22.6 Å². The molecule has 1 amide bonds. The quantitative estimate of drug-likeness (QED) is 0.941. The molecule has 0 bridgehead atoms. The number of methoxy groups -OCH3 is 1. The number of nitrogens with zero attached hydrogens (tertiary/aromatic N) is 2. The van der Waals surface area contributed by atoms with Crippen LogP contribution in [0.1, 0.15) is 46.6 Å². The Hall–Kier alpha value is -1.95. The zero-order valence-electron chi connectivity index (χ0n) is 12.8. The van der Waals surface area contributed by atoms with Gasteiger partial charge in [-0.25, -0.2) is 0 Å². The van der Waals surface area contributed by atoms with Gasteiger partial charge in [-0.05, 0) is 49.0 Å². The van der Waals surface area contributed by atoms with Crippen molar-refractivity contribution in [3.63, 3.8) is 0 Å². The van der Waals surface area contributed by atoms with Crippen molar-refractivity contribution in [1.29, 1.82) is 0 Å². The number of hydrogen-bond donors (Lipinski definition) is 1. The van der Waals surface area contributed by atoms with Gasteiger partial charge in [0.2, 0.25) is 0 Å². The predicted molar refractivity (Wildman–Crippen MR) is 85.3 cm³/mol. The van der Waals surface area contributed by atoms with Crippen LogP contribution in [0.25, 0.3) is 0 Å². The lowest BCUT2D eigenvalue weighted by atomic mass is 9.87. The van der Waals surface area contributed by atoms with E-state index in [-0.39, 0.29) is 11.4 Å². The van der Waals surface area contributed by atoms with E-state index in [0.29, 0.717) is 10.6 Å². The number of nitrogens with one attached hydrogen (secondary N) is 1. The first kappa shape index (κ1) is 15.0. The zero-order valence-corrected chi connectivity index (χ0v) is 13.6. The van der Waals surface area contributed by atoms with Gasteiger partial charge in [0.15, 0.2) is 0 Å². The third-order valence-electron chi connectivity index (χ3n) is 4.29. The van der Waals surface area contributed by atoms with Gasteiger partial charge in [0.05, 0.1) is 18.3 Å². The number of benzene rings is 1. The maximum atomic E-state index is 12.6. The summed E-state index contributed by atoms with van der Waals surface area (Å²) >= 11 is 1.14. The molecule has 2 aromatic rings. The number of ether oxygens (including phenoxy) is 1. The summed E-state index contributed by atoms with van der Waals surface area (Å²) in [5, 5.41) is 7.16. The number of amides is 1. The lowest BCUT2D eigenvalue weighted by molar-refractivity contribution is 0.0901. The molecule has 3 rings (SSSR count). The summed E-state index contributed by atoms with van der Waals surface area (Å²) in [5.74, 6) is 0.728. The molecule has 1 aliphatic carbocycles. The molecule has 0 spiro atoms. The second-order valence-corrected chi connectivity index (χ2v) is 6.42. The minimum Gasteiger partial charge on any atom is -0.497 e. The van der Waals surface area contributed by atoms with E-state index in [9.17, 15) is 4.79 Å². The van der Waals surface area contributed by atoms with E-state index in [2.05, 4.69) is 21.0 Å². The van der Waals surface area contributed by atoms with Crippen LogP contribution in [0, 0.1) is 6.92 Å². The van der Waals surface area contributed by atoms with Crippen LogP contribution in [-0.2, 0) is 5.54 Å². The number of aryl methyl sites for hydroxylation is 1. The fraction of sp³-hybridized carbons (Fsp3) is 0.438. The average molecular weight is 317 g/mol. The smallest absolute Gasteiger partial charge is 0.265 e. The number of carbonyl (C=O) groups excluding carboxylic acids is 1. The van der Waals surface area contributed by atoms with Crippen LogP contribution in [0.2, 0.25) is 0 Å². The second-order valence-electron chi connectivity index (χ2n) is 5.66. The summed E-state index contributed by atoms with van der Waals surface area (Å²) in [6.07, 6.45) is 4.10. The molecule has 1 aliphatic rings. The van der Waals surface area contributed by atoms with E-state index in [1.54, 1.807) is 7.11 Å². The van der Waals surface area contributed by atoms with E-state index in [0.717, 1.165) is 48.5 Å². The van der Waals surface area contributed by atoms with E-state index in [1.807, 2.05) is 25.1 Å². The molecule has 116 valence electrons. The van der Waals surface area contributed by atoms with Crippen LogP contribution in [0.15, 0.2) is 24.3 Å². The summed E-state index contributed by atoms with van der Waals surface area (Å²) < 4.78 is 9.18. The Balaban J connectivity index is 1.91. The Morgan fingerprint density at radius 3 is 2.77 bits per heavy atom. The monoisotopic (exact) mass is 317 g/mol. The number of carbonyl (C=O) groups is 1. The predicted octanol–water partition coefficient (Wildman–Crippen LogP) is 3.05. The molecule has 1 aromatic heterocycles. The fourth-order valence-electron chi connectivity index (χ4n) is 3.10. The van der Waals surface area contributed by atoms with Crippen molar-refractivity contribution in [3.05, 3.63) is 40.4 Å². The second kappa shape index (κ2) is 6.04. The largest absolute Gasteiger partial charge is 0.497 e. The minimum absolute atomic E-state index is 0.0859. The van der Waals surface area contributed by atoms with Crippen molar-refractivity contribution < 1.29 is 9.53 Å². The molecule has 6 heteroatoms. The highest BCUT2D eigenvalue weighted by Gasteiger charge is 2.38. The molecule has 1 N–H and O–H groups in total. The van der Waals surface area contributed by atoms with Gasteiger partial charge in [-0.3, -0.25) is 4.79 Å². The van der Waals surface area contributed by atoms with Crippen molar-refractivity contribution in [1.82, 2.24) is 14.9 Å². The third kappa shape index (κ3) is 2.70. The lowest BCUT2D eigenvalue weighted by Gasteiger charge is -2.31. The highest BCUT2D eigenvalue weighted by atomic mass is 32.1. The fourth-order valence-corrected chi connectivity index (χ4v) is 3.65. The Morgan fingerprint density at radius 1 is 1.36 bits per heavy atom. The molecule has 1 fully saturated rings. The zero-order chi connectivity index (χ0) is 15.6. The third-order valence-corrected chi connectivity index (χ3v) is 5.12. The van der Waals surface area contributed by atoms with Gasteiger partial charge in [0, 0.05) is 0 Å². The lowest BCUT2D eigenvalue weighted by Crippen LogP contribution is -2.43. The van der Waals surface area contributed by atoms with Gasteiger partial charge in [0.25, 0.3) is 5.91 Å². The first-order chi connectivity index (χ1) is 10.6. The molecule has 0 aliphatic heterocycles. The Morgan fingerprint density at radius 2 is 2.14 bits per heavy atom. The maximum absolute atomic E-state index is 12.6. The van der Waals surface area contributed by atoms with Crippen LogP contribution in [0.3, 0.4) is 0 Å². The topological polar surface area (TPSA) is 64.1 Å². The number of aromatic nitrogens is 2. The molecule has 5 nitrogen and oxygen atoms in total. The molecular formula is C16H19N3O2S. The van der Waals surface area contributed by atoms with Crippen LogP contribution in [0.5, 0.6) is 5.75 Å². The standard InChI is InChI=1S/C16H19N3O2S/c1-11-14(22-19-18-11)15(20)17-16(8-3-4-9-16)12-6-5-7-13(10-12)21-2/h5-7,10H,3-4,8-9H2,1-2H3,(H,17,20). The summed E-state index contributed by atoms with van der Waals surface area (Å²) in [7, 11) is 1.66. The van der Waals surface area contributed by atoms with Crippen molar-refractivity contribution >= 4 is 17.4 Å². The minimum atomic E-state index is -0.317. The molecule has 0 saturated heterocycles. The van der Waals surface area contributed by atoms with Gasteiger partial charge in [-0.15, -0.1) is 5.10 Å². The summed E-state index contributed by atoms with van der Waals surface area (Å²) in [6, 6.07) is 7.97. The van der Waals surface area contributed by atoms with Gasteiger partial charge >= 0.3 is 0 Å². The highest BCUT2D eigenvalue weighted by molar-refractivity contribution is 7.08. The summed E-state index contributed by atoms with van der Waals surface area (Å²) in [4.78, 5) is 13.2. The van der Waals surface area contributed by atoms with E-state index in [1.165, 1.54) is 0 Å². The van der Waals surface area contributed by atoms with Gasteiger partial charge < -0.3 is 10.1 Å². The first-order valence-corrected chi connectivity index (χ1v) is 8.18. The van der Waals surface area contributed by atoms with E-state index < -0.39 is 0 Å². The average Bonchev–Trinajstić information content (AvgIpc) is 3.17. The molecule has 0 unspecified atom stereocenters. The van der Waals surface area contributed by atoms with Crippen molar-refractivity contribution in [2.45, 2.75) is 38.1 Å². The van der Waals surface area contributed by atoms with Gasteiger partial charge in [-0.2, -0.15) is 0 Å². The van der Waals surface area contributed by atoms with E-state index >= 15 is 0 Å². The highest BCUT2D eigenvalue weighted by Crippen LogP contribution is 2.40. The Kier molecular flexibility index (Phi) is 4.11. The SMILES string of the molecule is COc1cccc(C2(NC(=O)c3snnc3C)CCCC2)c1.